The second-order valence-electron chi connectivity index (χ2n) is 5.71. The van der Waals surface area contributed by atoms with Crippen molar-refractivity contribution in [2.75, 3.05) is 20.6 Å². The number of hydrogen-bond acceptors (Lipinski definition) is 4. The minimum atomic E-state index is -3.57. The van der Waals surface area contributed by atoms with Gasteiger partial charge in [0, 0.05) is 43.1 Å². The van der Waals surface area contributed by atoms with Crippen molar-refractivity contribution in [3.8, 4) is 0 Å². The number of rotatable bonds is 7. The molecule has 25 heavy (non-hydrogen) atoms. The molecule has 7 nitrogen and oxygen atoms in total. The normalized spacial score (nSPS) is 11.7. The highest BCUT2D eigenvalue weighted by Crippen LogP contribution is 2.20. The summed E-state index contributed by atoms with van der Waals surface area (Å²) in [6, 6.07) is 4.57. The fraction of sp³-hybridized carbons (Fsp3) is 0.375. The minimum absolute atomic E-state index is 0.108. The summed E-state index contributed by atoms with van der Waals surface area (Å²) in [6.07, 6.45) is 4.40. The smallest absolute Gasteiger partial charge is 0.252 e. The average Bonchev–Trinajstić information content (AvgIpc) is 2.96. The number of carbonyl (C=O) groups excluding carboxylic acids is 1. The van der Waals surface area contributed by atoms with Crippen LogP contribution in [0.1, 0.15) is 22.6 Å². The number of halogens is 1. The van der Waals surface area contributed by atoms with Crippen LogP contribution in [-0.2, 0) is 16.6 Å². The van der Waals surface area contributed by atoms with E-state index in [0.29, 0.717) is 15.7 Å². The zero-order chi connectivity index (χ0) is 18.6. The Morgan fingerprint density at radius 3 is 2.68 bits per heavy atom. The van der Waals surface area contributed by atoms with Crippen molar-refractivity contribution >= 4 is 38.5 Å². The first-order chi connectivity index (χ1) is 11.7. The van der Waals surface area contributed by atoms with Crippen LogP contribution in [0.25, 0.3) is 0 Å². The molecule has 9 heteroatoms. The van der Waals surface area contributed by atoms with Crippen LogP contribution in [0, 0.1) is 10.5 Å². The summed E-state index contributed by atoms with van der Waals surface area (Å²) in [5, 5.41) is 2.84. The van der Waals surface area contributed by atoms with E-state index in [1.165, 1.54) is 26.2 Å². The molecule has 0 radical (unpaired) electrons. The number of benzene rings is 1. The van der Waals surface area contributed by atoms with E-state index in [1.807, 2.05) is 40.3 Å². The van der Waals surface area contributed by atoms with Crippen LogP contribution < -0.4 is 5.32 Å². The molecule has 0 spiro atoms. The Morgan fingerprint density at radius 2 is 2.08 bits per heavy atom. The summed E-state index contributed by atoms with van der Waals surface area (Å²) in [6.45, 7) is 3.19. The van der Waals surface area contributed by atoms with E-state index in [-0.39, 0.29) is 10.8 Å². The number of carbonyl (C=O) groups is 1. The minimum Gasteiger partial charge on any atom is -0.352 e. The molecule has 0 aliphatic heterocycles. The largest absolute Gasteiger partial charge is 0.352 e. The van der Waals surface area contributed by atoms with Crippen LogP contribution in [0.4, 0.5) is 0 Å². The third-order valence-corrected chi connectivity index (χ3v) is 6.50. The van der Waals surface area contributed by atoms with E-state index >= 15 is 0 Å². The molecule has 1 aromatic heterocycles. The van der Waals surface area contributed by atoms with Crippen LogP contribution in [0.3, 0.4) is 0 Å². The zero-order valence-electron chi connectivity index (χ0n) is 14.4. The molecule has 2 aromatic rings. The molecule has 0 aliphatic carbocycles. The second kappa shape index (κ2) is 8.28. The fourth-order valence-corrected chi connectivity index (χ4v) is 3.75. The molecule has 136 valence electrons. The van der Waals surface area contributed by atoms with Crippen LogP contribution in [0.2, 0.25) is 0 Å². The van der Waals surface area contributed by atoms with Crippen molar-refractivity contribution in [1.82, 2.24) is 19.2 Å². The molecule has 1 amide bonds. The Kier molecular flexibility index (Phi) is 6.58. The molecule has 1 heterocycles. The van der Waals surface area contributed by atoms with Gasteiger partial charge < -0.3 is 9.88 Å². The molecule has 0 saturated carbocycles. The topological polar surface area (TPSA) is 84.3 Å². The van der Waals surface area contributed by atoms with Crippen molar-refractivity contribution in [2.24, 2.45) is 0 Å². The van der Waals surface area contributed by atoms with Gasteiger partial charge in [0.05, 0.1) is 10.5 Å². The van der Waals surface area contributed by atoms with Gasteiger partial charge in [0.1, 0.15) is 5.82 Å². The van der Waals surface area contributed by atoms with E-state index in [0.717, 1.165) is 23.1 Å². The van der Waals surface area contributed by atoms with Gasteiger partial charge in [0.15, 0.2) is 0 Å². The molecule has 1 aromatic carbocycles. The predicted molar refractivity (Wildman–Crippen MR) is 104 cm³/mol. The van der Waals surface area contributed by atoms with Crippen molar-refractivity contribution < 1.29 is 13.2 Å². The monoisotopic (exact) mass is 476 g/mol. The Hall–Kier alpha value is -1.46. The lowest BCUT2D eigenvalue weighted by Crippen LogP contribution is -2.27. The van der Waals surface area contributed by atoms with Gasteiger partial charge in [-0.1, -0.05) is 0 Å². The van der Waals surface area contributed by atoms with Crippen molar-refractivity contribution in [3.63, 3.8) is 0 Å². The molecular weight excluding hydrogens is 455 g/mol. The van der Waals surface area contributed by atoms with Gasteiger partial charge in [-0.25, -0.2) is 17.7 Å². The number of imidazole rings is 1. The summed E-state index contributed by atoms with van der Waals surface area (Å²) < 4.78 is 28.3. The Balaban J connectivity index is 2.02. The summed E-state index contributed by atoms with van der Waals surface area (Å²) in [4.78, 5) is 16.7. The lowest BCUT2D eigenvalue weighted by Gasteiger charge is -2.13. The third kappa shape index (κ3) is 4.79. The molecule has 0 aliphatic rings. The SMILES string of the molecule is Cc1nccn1CCCNC(=O)c1cc(S(=O)(=O)N(C)C)ccc1I. The van der Waals surface area contributed by atoms with Gasteiger partial charge in [0.25, 0.3) is 5.91 Å². The fourth-order valence-electron chi connectivity index (χ4n) is 2.24. The van der Waals surface area contributed by atoms with Crippen LogP contribution in [-0.4, -0.2) is 48.8 Å². The van der Waals surface area contributed by atoms with Crippen LogP contribution in [0.15, 0.2) is 35.5 Å². The van der Waals surface area contributed by atoms with Gasteiger partial charge in [-0.15, -0.1) is 0 Å². The Morgan fingerprint density at radius 1 is 1.36 bits per heavy atom. The maximum atomic E-state index is 12.4. The number of hydrogen-bond donors (Lipinski definition) is 1. The quantitative estimate of drug-likeness (QED) is 0.489. The highest BCUT2D eigenvalue weighted by molar-refractivity contribution is 14.1. The van der Waals surface area contributed by atoms with Crippen molar-refractivity contribution in [1.29, 1.82) is 0 Å². The Labute approximate surface area is 161 Å². The molecule has 0 saturated heterocycles. The van der Waals surface area contributed by atoms with E-state index < -0.39 is 10.0 Å². The van der Waals surface area contributed by atoms with Crippen LogP contribution >= 0.6 is 22.6 Å². The molecule has 2 rings (SSSR count). The number of amides is 1. The standard InChI is InChI=1S/C16H21IN4O3S/c1-12-18-8-10-21(12)9-4-7-19-16(22)14-11-13(5-6-15(14)17)25(23,24)20(2)3/h5-6,8,10-11H,4,7,9H2,1-3H3,(H,19,22). The van der Waals surface area contributed by atoms with E-state index in [1.54, 1.807) is 12.3 Å². The van der Waals surface area contributed by atoms with Gasteiger partial charge in [-0.05, 0) is 54.1 Å². The summed E-state index contributed by atoms with van der Waals surface area (Å²) in [5.41, 5.74) is 0.363. The summed E-state index contributed by atoms with van der Waals surface area (Å²) >= 11 is 2.03. The first-order valence-electron chi connectivity index (χ1n) is 7.71. The van der Waals surface area contributed by atoms with E-state index in [2.05, 4.69) is 10.3 Å². The molecular formula is C16H21IN4O3S. The summed E-state index contributed by atoms with van der Waals surface area (Å²) in [5.74, 6) is 0.657. The van der Waals surface area contributed by atoms with Gasteiger partial charge in [-0.2, -0.15) is 0 Å². The zero-order valence-corrected chi connectivity index (χ0v) is 17.3. The third-order valence-electron chi connectivity index (χ3n) is 3.75. The number of aryl methyl sites for hydroxylation is 2. The van der Waals surface area contributed by atoms with Crippen LogP contribution in [0.5, 0.6) is 0 Å². The molecule has 0 fully saturated rings. The maximum absolute atomic E-state index is 12.4. The molecule has 0 unspecified atom stereocenters. The maximum Gasteiger partial charge on any atom is 0.252 e. The number of nitrogens with one attached hydrogen (secondary N) is 1. The average molecular weight is 476 g/mol. The first kappa shape index (κ1) is 19.9. The van der Waals surface area contributed by atoms with E-state index in [4.69, 9.17) is 0 Å². The number of aromatic nitrogens is 2. The first-order valence-corrected chi connectivity index (χ1v) is 10.2. The van der Waals surface area contributed by atoms with Crippen molar-refractivity contribution in [2.45, 2.75) is 24.8 Å². The highest BCUT2D eigenvalue weighted by atomic mass is 127. The van der Waals surface area contributed by atoms with Crippen molar-refractivity contribution in [3.05, 3.63) is 45.6 Å². The summed E-state index contributed by atoms with van der Waals surface area (Å²) in [7, 11) is -0.643. The molecule has 0 atom stereocenters. The highest BCUT2D eigenvalue weighted by Gasteiger charge is 2.20. The number of sulfonamides is 1. The van der Waals surface area contributed by atoms with Gasteiger partial charge in [0.2, 0.25) is 10.0 Å². The lowest BCUT2D eigenvalue weighted by molar-refractivity contribution is 0.0951. The second-order valence-corrected chi connectivity index (χ2v) is 9.02. The Bertz CT molecular complexity index is 862. The van der Waals surface area contributed by atoms with Gasteiger partial charge in [-0.3, -0.25) is 4.79 Å². The van der Waals surface area contributed by atoms with Gasteiger partial charge >= 0.3 is 0 Å². The molecule has 1 N–H and O–H groups in total. The lowest BCUT2D eigenvalue weighted by atomic mass is 10.2. The predicted octanol–water partition coefficient (Wildman–Crippen LogP) is 1.87. The van der Waals surface area contributed by atoms with E-state index in [9.17, 15) is 13.2 Å². The molecule has 0 bridgehead atoms. The number of nitrogens with zero attached hydrogens (tertiary/aromatic N) is 3.